The molecular formula is C14H24N2OS. The Labute approximate surface area is 114 Å². The lowest BCUT2D eigenvalue weighted by atomic mass is 10.1. The largest absolute Gasteiger partial charge is 0.355 e. The van der Waals surface area contributed by atoms with E-state index in [9.17, 15) is 4.79 Å². The topological polar surface area (TPSA) is 41.1 Å². The predicted octanol–water partition coefficient (Wildman–Crippen LogP) is 2.70. The van der Waals surface area contributed by atoms with Crippen molar-refractivity contribution in [3.05, 3.63) is 21.9 Å². The van der Waals surface area contributed by atoms with E-state index in [4.69, 9.17) is 0 Å². The highest BCUT2D eigenvalue weighted by atomic mass is 32.1. The van der Waals surface area contributed by atoms with Crippen molar-refractivity contribution in [1.29, 1.82) is 0 Å². The predicted molar refractivity (Wildman–Crippen MR) is 77.8 cm³/mol. The van der Waals surface area contributed by atoms with Crippen LogP contribution in [-0.2, 0) is 11.3 Å². The van der Waals surface area contributed by atoms with Crippen molar-refractivity contribution in [1.82, 2.24) is 10.6 Å². The Kier molecular flexibility index (Phi) is 6.36. The van der Waals surface area contributed by atoms with E-state index >= 15 is 0 Å². The number of carbonyl (C=O) groups excluding carboxylic acids is 1. The second-order valence-electron chi connectivity index (χ2n) is 5.16. The van der Waals surface area contributed by atoms with Gasteiger partial charge < -0.3 is 10.6 Å². The Balaban J connectivity index is 2.25. The van der Waals surface area contributed by atoms with Gasteiger partial charge in [-0.25, -0.2) is 0 Å². The summed E-state index contributed by atoms with van der Waals surface area (Å²) in [5, 5.41) is 10.5. The Morgan fingerprint density at radius 2 is 2.06 bits per heavy atom. The second-order valence-corrected chi connectivity index (χ2v) is 5.90. The van der Waals surface area contributed by atoms with E-state index < -0.39 is 0 Å². The van der Waals surface area contributed by atoms with E-state index in [-0.39, 0.29) is 11.9 Å². The summed E-state index contributed by atoms with van der Waals surface area (Å²) in [4.78, 5) is 11.8. The van der Waals surface area contributed by atoms with Crippen LogP contribution < -0.4 is 10.6 Å². The van der Waals surface area contributed by atoms with Crippen LogP contribution in [0.1, 0.15) is 38.3 Å². The van der Waals surface area contributed by atoms with E-state index in [1.807, 2.05) is 6.92 Å². The molecule has 1 amide bonds. The van der Waals surface area contributed by atoms with E-state index in [2.05, 4.69) is 42.2 Å². The summed E-state index contributed by atoms with van der Waals surface area (Å²) in [6.07, 6.45) is 1.03. The molecule has 1 rings (SSSR count). The van der Waals surface area contributed by atoms with Gasteiger partial charge in [0.15, 0.2) is 0 Å². The van der Waals surface area contributed by atoms with Gasteiger partial charge in [-0.1, -0.05) is 13.8 Å². The fraction of sp³-hybridized carbons (Fsp3) is 0.643. The molecule has 18 heavy (non-hydrogen) atoms. The third kappa shape index (κ3) is 5.19. The molecule has 0 aliphatic carbocycles. The molecule has 4 heteroatoms. The normalized spacial score (nSPS) is 12.7. The van der Waals surface area contributed by atoms with Gasteiger partial charge in [-0.15, -0.1) is 0 Å². The molecule has 0 aliphatic rings. The molecule has 1 aromatic rings. The molecule has 0 fully saturated rings. The molecule has 0 saturated heterocycles. The molecule has 0 radical (unpaired) electrons. The van der Waals surface area contributed by atoms with E-state index in [1.165, 1.54) is 11.1 Å². The number of aryl methyl sites for hydroxylation is 1. The number of rotatable bonds is 7. The number of nitrogens with one attached hydrogen (secondary N) is 2. The molecule has 0 aliphatic heterocycles. The maximum absolute atomic E-state index is 11.8. The summed E-state index contributed by atoms with van der Waals surface area (Å²) in [6.45, 7) is 9.85. The molecule has 0 spiro atoms. The molecular weight excluding hydrogens is 244 g/mol. The molecule has 102 valence electrons. The van der Waals surface area contributed by atoms with Crippen LogP contribution in [0.3, 0.4) is 0 Å². The number of hydrogen-bond donors (Lipinski definition) is 2. The van der Waals surface area contributed by atoms with Crippen molar-refractivity contribution >= 4 is 17.2 Å². The van der Waals surface area contributed by atoms with Crippen LogP contribution in [0.25, 0.3) is 0 Å². The minimum atomic E-state index is -0.142. The van der Waals surface area contributed by atoms with Gasteiger partial charge in [-0.05, 0) is 48.1 Å². The van der Waals surface area contributed by atoms with Gasteiger partial charge in [-0.2, -0.15) is 11.3 Å². The number of amides is 1. The minimum Gasteiger partial charge on any atom is -0.355 e. The quantitative estimate of drug-likeness (QED) is 0.798. The third-order valence-electron chi connectivity index (χ3n) is 2.97. The lowest BCUT2D eigenvalue weighted by molar-refractivity contribution is -0.122. The summed E-state index contributed by atoms with van der Waals surface area (Å²) < 4.78 is 0. The zero-order valence-electron chi connectivity index (χ0n) is 11.7. The molecule has 0 saturated carbocycles. The van der Waals surface area contributed by atoms with Crippen molar-refractivity contribution < 1.29 is 4.79 Å². The van der Waals surface area contributed by atoms with Crippen LogP contribution >= 0.6 is 11.3 Å². The van der Waals surface area contributed by atoms with Crippen LogP contribution in [0, 0.1) is 12.8 Å². The van der Waals surface area contributed by atoms with Gasteiger partial charge in [0.2, 0.25) is 5.91 Å². The highest BCUT2D eigenvalue weighted by Gasteiger charge is 2.12. The first-order valence-corrected chi connectivity index (χ1v) is 7.47. The Hall–Kier alpha value is -0.870. The minimum absolute atomic E-state index is 0.0866. The average Bonchev–Trinajstić information content (AvgIpc) is 2.71. The average molecular weight is 268 g/mol. The van der Waals surface area contributed by atoms with Gasteiger partial charge >= 0.3 is 0 Å². The fourth-order valence-electron chi connectivity index (χ4n) is 1.56. The highest BCUT2D eigenvalue weighted by Crippen LogP contribution is 2.13. The molecule has 3 nitrogen and oxygen atoms in total. The maximum Gasteiger partial charge on any atom is 0.236 e. The summed E-state index contributed by atoms with van der Waals surface area (Å²) in [5.41, 5.74) is 2.57. The molecule has 0 bridgehead atoms. The molecule has 0 aromatic carbocycles. The Morgan fingerprint density at radius 3 is 2.61 bits per heavy atom. The molecule has 1 unspecified atom stereocenters. The van der Waals surface area contributed by atoms with Crippen LogP contribution in [0.4, 0.5) is 0 Å². The first kappa shape index (κ1) is 15.2. The van der Waals surface area contributed by atoms with Crippen LogP contribution in [0.2, 0.25) is 0 Å². The van der Waals surface area contributed by atoms with Crippen molar-refractivity contribution in [2.45, 2.75) is 46.7 Å². The number of hydrogen-bond acceptors (Lipinski definition) is 3. The Morgan fingerprint density at radius 1 is 1.33 bits per heavy atom. The van der Waals surface area contributed by atoms with Crippen molar-refractivity contribution in [3.63, 3.8) is 0 Å². The smallest absolute Gasteiger partial charge is 0.236 e. The van der Waals surface area contributed by atoms with Gasteiger partial charge in [0.05, 0.1) is 6.04 Å². The van der Waals surface area contributed by atoms with Crippen molar-refractivity contribution in [2.75, 3.05) is 6.54 Å². The lowest BCUT2D eigenvalue weighted by Crippen LogP contribution is -2.42. The van der Waals surface area contributed by atoms with Crippen LogP contribution in [0.5, 0.6) is 0 Å². The van der Waals surface area contributed by atoms with Crippen molar-refractivity contribution in [3.8, 4) is 0 Å². The third-order valence-corrected chi connectivity index (χ3v) is 3.88. The van der Waals surface area contributed by atoms with Crippen LogP contribution in [0.15, 0.2) is 10.8 Å². The maximum atomic E-state index is 11.8. The summed E-state index contributed by atoms with van der Waals surface area (Å²) in [7, 11) is 0. The van der Waals surface area contributed by atoms with Gasteiger partial charge in [0, 0.05) is 13.1 Å². The van der Waals surface area contributed by atoms with Gasteiger partial charge in [0.1, 0.15) is 0 Å². The monoisotopic (exact) mass is 268 g/mol. The van der Waals surface area contributed by atoms with Gasteiger partial charge in [-0.3, -0.25) is 4.79 Å². The van der Waals surface area contributed by atoms with Crippen molar-refractivity contribution in [2.24, 2.45) is 5.92 Å². The standard InChI is InChI=1S/C14H24N2OS/c1-10(2)5-6-15-14(17)12(4)16-7-13-9-18-8-11(13)3/h8-10,12,16H,5-7H2,1-4H3,(H,15,17). The van der Waals surface area contributed by atoms with Crippen LogP contribution in [-0.4, -0.2) is 18.5 Å². The molecule has 2 N–H and O–H groups in total. The van der Waals surface area contributed by atoms with E-state index in [1.54, 1.807) is 11.3 Å². The zero-order valence-corrected chi connectivity index (χ0v) is 12.6. The summed E-state index contributed by atoms with van der Waals surface area (Å²) in [5.74, 6) is 0.713. The number of carbonyl (C=O) groups is 1. The summed E-state index contributed by atoms with van der Waals surface area (Å²) >= 11 is 1.70. The SMILES string of the molecule is Cc1cscc1CNC(C)C(=O)NCCC(C)C. The molecule has 1 heterocycles. The lowest BCUT2D eigenvalue weighted by Gasteiger charge is -2.14. The highest BCUT2D eigenvalue weighted by molar-refractivity contribution is 7.08. The molecule has 1 atom stereocenters. The first-order valence-electron chi connectivity index (χ1n) is 6.53. The van der Waals surface area contributed by atoms with E-state index in [0.29, 0.717) is 5.92 Å². The molecule has 1 aromatic heterocycles. The number of thiophene rings is 1. The summed E-state index contributed by atoms with van der Waals surface area (Å²) in [6, 6.07) is -0.142. The first-order chi connectivity index (χ1) is 8.50. The second kappa shape index (κ2) is 7.54. The zero-order chi connectivity index (χ0) is 13.5. The fourth-order valence-corrected chi connectivity index (χ4v) is 2.42. The Bertz CT molecular complexity index is 374. The van der Waals surface area contributed by atoms with Gasteiger partial charge in [0.25, 0.3) is 0 Å². The van der Waals surface area contributed by atoms with E-state index in [0.717, 1.165) is 19.5 Å².